The third-order valence-corrected chi connectivity index (χ3v) is 4.39. The highest BCUT2D eigenvalue weighted by molar-refractivity contribution is 5.76. The van der Waals surface area contributed by atoms with Gasteiger partial charge in [0.15, 0.2) is 0 Å². The van der Waals surface area contributed by atoms with Gasteiger partial charge in [-0.15, -0.1) is 0 Å². The van der Waals surface area contributed by atoms with Crippen LogP contribution in [0.2, 0.25) is 0 Å². The average molecular weight is 224 g/mol. The molecule has 0 radical (unpaired) electrons. The molecule has 2 bridgehead atoms. The lowest BCUT2D eigenvalue weighted by Crippen LogP contribution is -2.33. The summed E-state index contributed by atoms with van der Waals surface area (Å²) in [6.45, 7) is 2.66. The molecule has 0 saturated carbocycles. The van der Waals surface area contributed by atoms with Gasteiger partial charge >= 0.3 is 0 Å². The van der Waals surface area contributed by atoms with E-state index in [4.69, 9.17) is 4.74 Å². The van der Waals surface area contributed by atoms with E-state index in [1.54, 1.807) is 0 Å². The van der Waals surface area contributed by atoms with Gasteiger partial charge in [0.25, 0.3) is 0 Å². The first kappa shape index (κ1) is 10.5. The fourth-order valence-corrected chi connectivity index (χ4v) is 3.55. The van der Waals surface area contributed by atoms with Gasteiger partial charge in [0.05, 0.1) is 12.2 Å². The molecule has 0 spiro atoms. The van der Waals surface area contributed by atoms with Crippen LogP contribution in [0, 0.1) is 11.8 Å². The van der Waals surface area contributed by atoms with E-state index in [9.17, 15) is 4.79 Å². The smallest absolute Gasteiger partial charge is 0.223 e. The van der Waals surface area contributed by atoms with Crippen molar-refractivity contribution in [1.29, 1.82) is 0 Å². The fraction of sp³-hybridized carbons (Fsp3) is 0.917. The van der Waals surface area contributed by atoms with E-state index in [-0.39, 0.29) is 0 Å². The Morgan fingerprint density at radius 2 is 1.94 bits per heavy atom. The number of ether oxygens (including phenoxy) is 1. The number of rotatable bonds is 3. The van der Waals surface area contributed by atoms with Crippen molar-refractivity contribution < 1.29 is 9.53 Å². The molecule has 0 aromatic carbocycles. The van der Waals surface area contributed by atoms with Crippen molar-refractivity contribution in [3.8, 4) is 0 Å². The molecule has 0 aromatic heterocycles. The Balaban J connectivity index is 1.59. The normalized spacial score (nSPS) is 40.4. The second-order valence-corrected chi connectivity index (χ2v) is 5.27. The minimum atomic E-state index is 0.308. The summed E-state index contributed by atoms with van der Waals surface area (Å²) >= 11 is 0. The third kappa shape index (κ3) is 1.55. The van der Waals surface area contributed by atoms with Gasteiger partial charge in [-0.2, -0.15) is 0 Å². The number of hydrogen-bond donors (Lipinski definition) is 1. The molecule has 4 unspecified atom stereocenters. The Labute approximate surface area is 96.3 Å². The van der Waals surface area contributed by atoms with Crippen molar-refractivity contribution in [1.82, 2.24) is 10.2 Å². The molecule has 4 nitrogen and oxygen atoms in total. The molecule has 1 amide bonds. The van der Waals surface area contributed by atoms with Crippen molar-refractivity contribution in [2.24, 2.45) is 11.8 Å². The standard InChI is InChI=1S/C12H20N2O2/c1-13-5-4-12(15)14-6-8-9(7-14)11-3-2-10(8)16-11/h8-11,13H,2-7H2,1H3. The van der Waals surface area contributed by atoms with E-state index in [1.165, 1.54) is 12.8 Å². The minimum Gasteiger partial charge on any atom is -0.374 e. The number of amides is 1. The number of nitrogens with one attached hydrogen (secondary N) is 1. The molecule has 3 aliphatic rings. The van der Waals surface area contributed by atoms with E-state index >= 15 is 0 Å². The van der Waals surface area contributed by atoms with Crippen molar-refractivity contribution in [3.05, 3.63) is 0 Å². The second-order valence-electron chi connectivity index (χ2n) is 5.27. The quantitative estimate of drug-likeness (QED) is 0.746. The van der Waals surface area contributed by atoms with Gasteiger partial charge in [0.1, 0.15) is 0 Å². The summed E-state index contributed by atoms with van der Waals surface area (Å²) in [7, 11) is 1.89. The Hall–Kier alpha value is -0.610. The SMILES string of the molecule is CNCCC(=O)N1CC2C3CCC(O3)C2C1. The lowest BCUT2D eigenvalue weighted by Gasteiger charge is -2.18. The molecule has 0 aromatic rings. The lowest BCUT2D eigenvalue weighted by atomic mass is 9.82. The Bertz CT molecular complexity index is 277. The van der Waals surface area contributed by atoms with Crippen LogP contribution in [0.1, 0.15) is 19.3 Å². The average Bonchev–Trinajstić information content (AvgIpc) is 2.95. The van der Waals surface area contributed by atoms with E-state index in [1.807, 2.05) is 7.05 Å². The van der Waals surface area contributed by atoms with Crippen LogP contribution in [0.25, 0.3) is 0 Å². The first-order chi connectivity index (χ1) is 7.79. The monoisotopic (exact) mass is 224 g/mol. The largest absolute Gasteiger partial charge is 0.374 e. The van der Waals surface area contributed by atoms with E-state index in [0.717, 1.165) is 19.6 Å². The molecule has 0 aliphatic carbocycles. The number of likely N-dealkylation sites (tertiary alicyclic amines) is 1. The highest BCUT2D eigenvalue weighted by Crippen LogP contribution is 2.47. The van der Waals surface area contributed by atoms with Gasteiger partial charge < -0.3 is 15.0 Å². The van der Waals surface area contributed by atoms with E-state index in [2.05, 4.69) is 10.2 Å². The third-order valence-electron chi connectivity index (χ3n) is 4.39. The maximum Gasteiger partial charge on any atom is 0.223 e. The van der Waals surface area contributed by atoms with Crippen LogP contribution in [0.15, 0.2) is 0 Å². The summed E-state index contributed by atoms with van der Waals surface area (Å²) in [4.78, 5) is 14.0. The number of carbonyl (C=O) groups is 1. The number of hydrogen-bond acceptors (Lipinski definition) is 3. The highest BCUT2D eigenvalue weighted by atomic mass is 16.5. The van der Waals surface area contributed by atoms with Crippen LogP contribution in [-0.4, -0.2) is 49.7 Å². The predicted molar refractivity (Wildman–Crippen MR) is 60.0 cm³/mol. The van der Waals surface area contributed by atoms with E-state index < -0.39 is 0 Å². The highest BCUT2D eigenvalue weighted by Gasteiger charge is 2.53. The topological polar surface area (TPSA) is 41.6 Å². The summed E-state index contributed by atoms with van der Waals surface area (Å²) in [6, 6.07) is 0. The van der Waals surface area contributed by atoms with Gasteiger partial charge in [-0.3, -0.25) is 4.79 Å². The molecular formula is C12H20N2O2. The summed E-state index contributed by atoms with van der Waals surface area (Å²) in [5, 5.41) is 3.03. The maximum atomic E-state index is 11.9. The van der Waals surface area contributed by atoms with Gasteiger partial charge in [0.2, 0.25) is 5.91 Å². The zero-order valence-corrected chi connectivity index (χ0v) is 9.82. The molecule has 3 fully saturated rings. The van der Waals surface area contributed by atoms with Crippen molar-refractivity contribution in [3.63, 3.8) is 0 Å². The Morgan fingerprint density at radius 3 is 2.50 bits per heavy atom. The van der Waals surface area contributed by atoms with Crippen molar-refractivity contribution in [2.45, 2.75) is 31.5 Å². The molecule has 4 atom stereocenters. The fourth-order valence-electron chi connectivity index (χ4n) is 3.55. The summed E-state index contributed by atoms with van der Waals surface area (Å²) < 4.78 is 5.90. The van der Waals surface area contributed by atoms with Crippen LogP contribution < -0.4 is 5.32 Å². The zero-order valence-electron chi connectivity index (χ0n) is 9.82. The van der Waals surface area contributed by atoms with Crippen molar-refractivity contribution >= 4 is 5.91 Å². The Morgan fingerprint density at radius 1 is 1.31 bits per heavy atom. The van der Waals surface area contributed by atoms with Gasteiger partial charge in [0, 0.05) is 37.9 Å². The molecule has 3 heterocycles. The predicted octanol–water partition coefficient (Wildman–Crippen LogP) is 0.232. The van der Waals surface area contributed by atoms with Crippen LogP contribution >= 0.6 is 0 Å². The molecule has 4 heteroatoms. The van der Waals surface area contributed by atoms with Gasteiger partial charge in [-0.1, -0.05) is 0 Å². The van der Waals surface area contributed by atoms with Crippen LogP contribution in [0.5, 0.6) is 0 Å². The molecule has 3 saturated heterocycles. The van der Waals surface area contributed by atoms with E-state index in [0.29, 0.717) is 36.4 Å². The van der Waals surface area contributed by atoms with Crippen LogP contribution in [0.3, 0.4) is 0 Å². The molecule has 1 N–H and O–H groups in total. The number of nitrogens with zero attached hydrogens (tertiary/aromatic N) is 1. The molecular weight excluding hydrogens is 204 g/mol. The maximum absolute atomic E-state index is 11.9. The minimum absolute atomic E-state index is 0.308. The summed E-state index contributed by atoms with van der Waals surface area (Å²) in [6.07, 6.45) is 3.97. The number of carbonyl (C=O) groups excluding carboxylic acids is 1. The summed E-state index contributed by atoms with van der Waals surface area (Å²) in [5.74, 6) is 1.58. The first-order valence-electron chi connectivity index (χ1n) is 6.37. The van der Waals surface area contributed by atoms with Gasteiger partial charge in [-0.05, 0) is 19.9 Å². The van der Waals surface area contributed by atoms with Crippen molar-refractivity contribution in [2.75, 3.05) is 26.7 Å². The van der Waals surface area contributed by atoms with Crippen LogP contribution in [0.4, 0.5) is 0 Å². The molecule has 90 valence electrons. The first-order valence-corrected chi connectivity index (χ1v) is 6.37. The second kappa shape index (κ2) is 4.00. The van der Waals surface area contributed by atoms with Gasteiger partial charge in [-0.25, -0.2) is 0 Å². The number of fused-ring (bicyclic) bond motifs is 5. The molecule has 16 heavy (non-hydrogen) atoms. The summed E-state index contributed by atoms with van der Waals surface area (Å²) in [5.41, 5.74) is 0. The zero-order chi connectivity index (χ0) is 11.1. The van der Waals surface area contributed by atoms with Crippen LogP contribution in [-0.2, 0) is 9.53 Å². The molecule has 3 rings (SSSR count). The lowest BCUT2D eigenvalue weighted by molar-refractivity contribution is -0.130. The Kier molecular flexibility index (Phi) is 2.64. The molecule has 3 aliphatic heterocycles.